The van der Waals surface area contributed by atoms with Gasteiger partial charge in [0.2, 0.25) is 5.95 Å². The highest BCUT2D eigenvalue weighted by molar-refractivity contribution is 14.1. The topological polar surface area (TPSA) is 102 Å². The first-order valence-corrected chi connectivity index (χ1v) is 11.1. The Bertz CT molecular complexity index is 1100. The maximum absolute atomic E-state index is 12.6. The van der Waals surface area contributed by atoms with Gasteiger partial charge in [-0.1, -0.05) is 17.7 Å². The highest BCUT2D eigenvalue weighted by atomic mass is 127. The number of H-pyrrole nitrogens is 1. The minimum atomic E-state index is -0.259. The van der Waals surface area contributed by atoms with E-state index in [0.29, 0.717) is 54.4 Å². The molecule has 2 N–H and O–H groups in total. The number of hydrogen-bond acceptors (Lipinski definition) is 6. The van der Waals surface area contributed by atoms with Gasteiger partial charge >= 0.3 is 5.97 Å². The number of benzene rings is 1. The monoisotopic (exact) mass is 543 g/mol. The van der Waals surface area contributed by atoms with Crippen LogP contribution in [0.25, 0.3) is 11.0 Å². The van der Waals surface area contributed by atoms with Gasteiger partial charge in [-0.05, 0) is 67.0 Å². The van der Waals surface area contributed by atoms with E-state index >= 15 is 0 Å². The van der Waals surface area contributed by atoms with Crippen LogP contribution < -0.4 is 10.9 Å². The molecule has 0 amide bonds. The fourth-order valence-electron chi connectivity index (χ4n) is 2.95. The average molecular weight is 544 g/mol. The number of aryl methyl sites for hydroxylation is 1. The summed E-state index contributed by atoms with van der Waals surface area (Å²) in [6.07, 6.45) is 3.19. The van der Waals surface area contributed by atoms with Crippen LogP contribution in [0.5, 0.6) is 0 Å². The van der Waals surface area contributed by atoms with Crippen molar-refractivity contribution in [1.29, 1.82) is 0 Å². The number of esters is 1. The van der Waals surface area contributed by atoms with E-state index in [-0.39, 0.29) is 17.6 Å². The molecule has 8 nitrogen and oxygen atoms in total. The van der Waals surface area contributed by atoms with Crippen molar-refractivity contribution in [2.45, 2.75) is 52.3 Å². The van der Waals surface area contributed by atoms with Gasteiger partial charge in [0.15, 0.2) is 5.52 Å². The maximum Gasteiger partial charge on any atom is 0.306 e. The molecule has 0 spiro atoms. The number of nitrogens with one attached hydrogen (secondary N) is 2. The zero-order valence-corrected chi connectivity index (χ0v) is 19.7. The van der Waals surface area contributed by atoms with Crippen molar-refractivity contribution >= 4 is 57.1 Å². The molecule has 0 atom stereocenters. The van der Waals surface area contributed by atoms with Crippen molar-refractivity contribution in [3.05, 3.63) is 48.9 Å². The SMILES string of the molecule is CC(C)OC(=O)CCCCn1ncc2nc(NCc3ccc(Cl)c(I)c3)[nH]c(=O)c21. The van der Waals surface area contributed by atoms with Gasteiger partial charge in [0, 0.05) is 23.1 Å². The van der Waals surface area contributed by atoms with Crippen molar-refractivity contribution in [2.24, 2.45) is 0 Å². The third-order valence-electron chi connectivity index (χ3n) is 4.31. The molecule has 0 aliphatic rings. The molecular weight excluding hydrogens is 521 g/mol. The fourth-order valence-corrected chi connectivity index (χ4v) is 3.64. The van der Waals surface area contributed by atoms with Gasteiger partial charge in [-0.3, -0.25) is 19.3 Å². The lowest BCUT2D eigenvalue weighted by Crippen LogP contribution is -2.16. The van der Waals surface area contributed by atoms with Crippen LogP contribution in [-0.4, -0.2) is 31.8 Å². The predicted molar refractivity (Wildman–Crippen MR) is 125 cm³/mol. The zero-order valence-electron chi connectivity index (χ0n) is 16.7. The smallest absolute Gasteiger partial charge is 0.306 e. The molecule has 1 aromatic carbocycles. The Morgan fingerprint density at radius 1 is 1.37 bits per heavy atom. The number of ether oxygens (including phenoxy) is 1. The molecule has 10 heteroatoms. The molecule has 0 radical (unpaired) electrons. The van der Waals surface area contributed by atoms with E-state index in [2.05, 4.69) is 43.0 Å². The van der Waals surface area contributed by atoms with E-state index in [1.807, 2.05) is 32.0 Å². The van der Waals surface area contributed by atoms with Gasteiger partial charge in [0.25, 0.3) is 5.56 Å². The van der Waals surface area contributed by atoms with Crippen LogP contribution in [0.4, 0.5) is 5.95 Å². The van der Waals surface area contributed by atoms with Crippen LogP contribution in [-0.2, 0) is 22.6 Å². The number of hydrogen-bond donors (Lipinski definition) is 2. The Morgan fingerprint density at radius 3 is 2.90 bits per heavy atom. The molecule has 2 aromatic heterocycles. The largest absolute Gasteiger partial charge is 0.463 e. The predicted octanol–water partition coefficient (Wildman–Crippen LogP) is 4.11. The minimum absolute atomic E-state index is 0.108. The highest BCUT2D eigenvalue weighted by Gasteiger charge is 2.11. The van der Waals surface area contributed by atoms with E-state index in [4.69, 9.17) is 16.3 Å². The Balaban J connectivity index is 1.61. The fraction of sp³-hybridized carbons (Fsp3) is 0.400. The highest BCUT2D eigenvalue weighted by Crippen LogP contribution is 2.20. The summed E-state index contributed by atoms with van der Waals surface area (Å²) in [6.45, 7) is 4.68. The lowest BCUT2D eigenvalue weighted by atomic mass is 10.2. The molecule has 0 aliphatic carbocycles. The van der Waals surface area contributed by atoms with Gasteiger partial charge in [0.1, 0.15) is 5.52 Å². The van der Waals surface area contributed by atoms with Gasteiger partial charge in [0.05, 0.1) is 17.3 Å². The number of rotatable bonds is 9. The number of halogens is 2. The Hall–Kier alpha value is -2.14. The molecule has 30 heavy (non-hydrogen) atoms. The second-order valence-electron chi connectivity index (χ2n) is 7.11. The molecule has 0 saturated heterocycles. The quantitative estimate of drug-likeness (QED) is 0.239. The Labute approximate surface area is 192 Å². The number of fused-ring (bicyclic) bond motifs is 1. The first kappa shape index (κ1) is 22.5. The molecule has 2 heterocycles. The first-order valence-electron chi connectivity index (χ1n) is 9.66. The molecule has 0 unspecified atom stereocenters. The normalized spacial score (nSPS) is 11.2. The van der Waals surface area contributed by atoms with Crippen molar-refractivity contribution < 1.29 is 9.53 Å². The summed E-state index contributed by atoms with van der Waals surface area (Å²) in [5, 5.41) is 8.11. The number of carbonyl (C=O) groups excluding carboxylic acids is 1. The molecule has 0 aliphatic heterocycles. The maximum atomic E-state index is 12.6. The molecule has 160 valence electrons. The van der Waals surface area contributed by atoms with E-state index < -0.39 is 0 Å². The molecule has 0 bridgehead atoms. The molecular formula is C20H23ClIN5O3. The lowest BCUT2D eigenvalue weighted by Gasteiger charge is -2.08. The third kappa shape index (κ3) is 5.94. The first-order chi connectivity index (χ1) is 14.3. The van der Waals surface area contributed by atoms with Gasteiger partial charge in [-0.2, -0.15) is 5.10 Å². The van der Waals surface area contributed by atoms with E-state index in [1.165, 1.54) is 0 Å². The zero-order chi connectivity index (χ0) is 21.7. The number of nitrogens with zero attached hydrogens (tertiary/aromatic N) is 3. The lowest BCUT2D eigenvalue weighted by molar-refractivity contribution is -0.147. The number of anilines is 1. The van der Waals surface area contributed by atoms with Crippen LogP contribution >= 0.6 is 34.2 Å². The van der Waals surface area contributed by atoms with E-state index in [0.717, 1.165) is 9.13 Å². The number of aromatic amines is 1. The summed E-state index contributed by atoms with van der Waals surface area (Å²) in [4.78, 5) is 31.4. The summed E-state index contributed by atoms with van der Waals surface area (Å²) in [7, 11) is 0. The van der Waals surface area contributed by atoms with Crippen molar-refractivity contribution in [3.63, 3.8) is 0 Å². The Kier molecular flexibility index (Phi) is 7.70. The Morgan fingerprint density at radius 2 is 2.17 bits per heavy atom. The molecule has 3 rings (SSSR count). The molecule has 0 saturated carbocycles. The van der Waals surface area contributed by atoms with E-state index in [9.17, 15) is 9.59 Å². The summed E-state index contributed by atoms with van der Waals surface area (Å²) in [5.74, 6) is 0.175. The molecule has 3 aromatic rings. The second kappa shape index (κ2) is 10.3. The van der Waals surface area contributed by atoms with Crippen molar-refractivity contribution in [2.75, 3.05) is 5.32 Å². The van der Waals surface area contributed by atoms with Crippen LogP contribution in [0, 0.1) is 3.57 Å². The minimum Gasteiger partial charge on any atom is -0.463 e. The van der Waals surface area contributed by atoms with Crippen LogP contribution in [0.15, 0.2) is 29.2 Å². The second-order valence-corrected chi connectivity index (χ2v) is 8.68. The van der Waals surface area contributed by atoms with Gasteiger partial charge < -0.3 is 10.1 Å². The van der Waals surface area contributed by atoms with Gasteiger partial charge in [-0.15, -0.1) is 0 Å². The van der Waals surface area contributed by atoms with Crippen LogP contribution in [0.2, 0.25) is 5.02 Å². The summed E-state index contributed by atoms with van der Waals surface area (Å²) >= 11 is 8.22. The van der Waals surface area contributed by atoms with Gasteiger partial charge in [-0.25, -0.2) is 4.98 Å². The van der Waals surface area contributed by atoms with E-state index in [1.54, 1.807) is 10.9 Å². The standard InChI is InChI=1S/C20H23ClIN5O3/c1-12(2)30-17(28)5-3-4-8-27-18-16(11-24-27)25-20(26-19(18)29)23-10-13-6-7-14(21)15(22)9-13/h6-7,9,11-12H,3-5,8,10H2,1-2H3,(H2,23,25,26,29). The third-order valence-corrected chi connectivity index (χ3v) is 5.85. The number of unbranched alkanes of at least 4 members (excludes halogenated alkanes) is 1. The molecule has 0 fully saturated rings. The van der Waals surface area contributed by atoms with Crippen molar-refractivity contribution in [3.8, 4) is 0 Å². The summed E-state index contributed by atoms with van der Waals surface area (Å²) < 4.78 is 7.70. The van der Waals surface area contributed by atoms with Crippen LogP contribution in [0.1, 0.15) is 38.7 Å². The van der Waals surface area contributed by atoms with Crippen molar-refractivity contribution in [1.82, 2.24) is 19.7 Å². The number of aromatic nitrogens is 4. The average Bonchev–Trinajstić information content (AvgIpc) is 3.09. The number of carbonyl (C=O) groups is 1. The van der Waals surface area contributed by atoms with Crippen LogP contribution in [0.3, 0.4) is 0 Å². The summed E-state index contributed by atoms with van der Waals surface area (Å²) in [5.41, 5.74) is 1.71. The summed E-state index contributed by atoms with van der Waals surface area (Å²) in [6, 6.07) is 5.73.